The molecule has 0 saturated heterocycles. The van der Waals surface area contributed by atoms with Crippen molar-refractivity contribution in [3.8, 4) is 17.2 Å². The lowest BCUT2D eigenvalue weighted by Gasteiger charge is -2.29. The minimum Gasteiger partial charge on any atom is -0.497 e. The van der Waals surface area contributed by atoms with Gasteiger partial charge in [0.25, 0.3) is 0 Å². The molecule has 0 spiro atoms. The van der Waals surface area contributed by atoms with Gasteiger partial charge in [0.15, 0.2) is 5.76 Å². The first-order valence-corrected chi connectivity index (χ1v) is 11.6. The molecule has 2 aliphatic rings. The minimum atomic E-state index is -0.108. The molecule has 0 N–H and O–H groups in total. The van der Waals surface area contributed by atoms with Crippen molar-refractivity contribution in [2.45, 2.75) is 13.1 Å². The molecule has 33 heavy (non-hydrogen) atoms. The van der Waals surface area contributed by atoms with E-state index in [2.05, 4.69) is 22.4 Å². The fourth-order valence-electron chi connectivity index (χ4n) is 4.51. The van der Waals surface area contributed by atoms with Crippen LogP contribution in [0.2, 0.25) is 0 Å². The van der Waals surface area contributed by atoms with Gasteiger partial charge in [0.1, 0.15) is 24.0 Å². The summed E-state index contributed by atoms with van der Waals surface area (Å²) in [6.45, 7) is 1.98. The zero-order chi connectivity index (χ0) is 22.5. The monoisotopic (exact) mass is 458 g/mol. The van der Waals surface area contributed by atoms with E-state index in [1.54, 1.807) is 24.5 Å². The van der Waals surface area contributed by atoms with Crippen molar-refractivity contribution in [1.82, 2.24) is 9.47 Å². The number of nitrogens with zero attached hydrogens (tertiary/aromatic N) is 2. The standard InChI is InChI=1S/C26H22N2O4S/c1-27-12-16(20-11-17(30-2)5-7-22(20)27)10-24-25(29)19-6-8-23-21(26(19)32-24)14-28(15-31-23)13-18-4-3-9-33-18/h3-12H,13-15H2,1-2H3/b24-10-. The average Bonchev–Trinajstić information content (AvgIpc) is 3.53. The number of aryl methyl sites for hydroxylation is 1. The molecule has 4 heterocycles. The Kier molecular flexibility index (Phi) is 4.74. The summed E-state index contributed by atoms with van der Waals surface area (Å²) >= 11 is 1.73. The van der Waals surface area contributed by atoms with E-state index in [9.17, 15) is 4.79 Å². The van der Waals surface area contributed by atoms with E-state index in [1.165, 1.54) is 4.88 Å². The van der Waals surface area contributed by atoms with Gasteiger partial charge in [-0.3, -0.25) is 9.69 Å². The van der Waals surface area contributed by atoms with Crippen LogP contribution in [-0.2, 0) is 20.1 Å². The number of carbonyl (C=O) groups excluding carboxylic acids is 1. The fraction of sp³-hybridized carbons (Fsp3) is 0.192. The molecule has 2 aromatic heterocycles. The van der Waals surface area contributed by atoms with E-state index in [1.807, 2.05) is 48.2 Å². The van der Waals surface area contributed by atoms with E-state index in [0.29, 0.717) is 30.3 Å². The third kappa shape index (κ3) is 3.41. The number of rotatable bonds is 4. The van der Waals surface area contributed by atoms with Gasteiger partial charge in [-0.2, -0.15) is 0 Å². The number of Topliss-reactive ketones (excluding diaryl/α,β-unsaturated/α-hetero) is 1. The van der Waals surface area contributed by atoms with Gasteiger partial charge in [-0.15, -0.1) is 11.3 Å². The van der Waals surface area contributed by atoms with Gasteiger partial charge in [0.05, 0.1) is 18.2 Å². The van der Waals surface area contributed by atoms with Gasteiger partial charge in [-0.05, 0) is 47.9 Å². The number of hydrogen-bond acceptors (Lipinski definition) is 6. The third-order valence-electron chi connectivity index (χ3n) is 6.16. The van der Waals surface area contributed by atoms with Crippen molar-refractivity contribution in [2.24, 2.45) is 7.05 Å². The predicted molar refractivity (Wildman–Crippen MR) is 128 cm³/mol. The summed E-state index contributed by atoms with van der Waals surface area (Å²) < 4.78 is 19.6. The Balaban J connectivity index is 1.35. The highest BCUT2D eigenvalue weighted by molar-refractivity contribution is 7.09. The summed E-state index contributed by atoms with van der Waals surface area (Å²) in [5, 5.41) is 3.08. The second-order valence-electron chi connectivity index (χ2n) is 8.28. The Morgan fingerprint density at radius 3 is 2.94 bits per heavy atom. The average molecular weight is 459 g/mol. The second kappa shape index (κ2) is 7.79. The molecule has 0 amide bonds. The summed E-state index contributed by atoms with van der Waals surface area (Å²) in [4.78, 5) is 16.7. The van der Waals surface area contributed by atoms with Crippen LogP contribution in [0.5, 0.6) is 17.2 Å². The first kappa shape index (κ1) is 20.1. The van der Waals surface area contributed by atoms with Crippen molar-refractivity contribution in [2.75, 3.05) is 13.8 Å². The number of allylic oxidation sites excluding steroid dienone is 1. The van der Waals surface area contributed by atoms with Crippen LogP contribution in [0, 0.1) is 0 Å². The molecule has 6 nitrogen and oxygen atoms in total. The van der Waals surface area contributed by atoms with Gasteiger partial charge in [0, 0.05) is 47.7 Å². The lowest BCUT2D eigenvalue weighted by molar-refractivity contribution is 0.0882. The van der Waals surface area contributed by atoms with Crippen LogP contribution in [0.3, 0.4) is 0 Å². The van der Waals surface area contributed by atoms with Gasteiger partial charge in [-0.25, -0.2) is 0 Å². The Morgan fingerprint density at radius 1 is 1.21 bits per heavy atom. The number of aromatic nitrogens is 1. The molecule has 166 valence electrons. The molecule has 0 radical (unpaired) electrons. The Morgan fingerprint density at radius 2 is 2.12 bits per heavy atom. The number of fused-ring (bicyclic) bond motifs is 4. The predicted octanol–water partition coefficient (Wildman–Crippen LogP) is 5.22. The Bertz CT molecular complexity index is 1420. The summed E-state index contributed by atoms with van der Waals surface area (Å²) in [5.41, 5.74) is 3.47. The molecular formula is C26H22N2O4S. The second-order valence-corrected chi connectivity index (χ2v) is 9.31. The van der Waals surface area contributed by atoms with E-state index in [4.69, 9.17) is 14.2 Å². The molecule has 0 unspecified atom stereocenters. The number of hydrogen-bond donors (Lipinski definition) is 0. The molecule has 4 aromatic rings. The minimum absolute atomic E-state index is 0.108. The maximum Gasteiger partial charge on any atom is 0.231 e. The van der Waals surface area contributed by atoms with Crippen molar-refractivity contribution in [3.05, 3.63) is 81.4 Å². The van der Waals surface area contributed by atoms with Crippen molar-refractivity contribution in [1.29, 1.82) is 0 Å². The molecule has 7 heteroatoms. The van der Waals surface area contributed by atoms with E-state index < -0.39 is 0 Å². The highest BCUT2D eigenvalue weighted by Gasteiger charge is 2.33. The molecular weight excluding hydrogens is 436 g/mol. The number of ether oxygens (including phenoxy) is 3. The quantitative estimate of drug-likeness (QED) is 0.393. The Labute approximate surface area is 195 Å². The molecule has 0 saturated carbocycles. The summed E-state index contributed by atoms with van der Waals surface area (Å²) in [6.07, 6.45) is 3.82. The molecule has 0 atom stereocenters. The normalized spacial score (nSPS) is 16.5. The number of carbonyl (C=O) groups is 1. The lowest BCUT2D eigenvalue weighted by atomic mass is 10.0. The smallest absolute Gasteiger partial charge is 0.231 e. The van der Waals surface area contributed by atoms with Crippen LogP contribution in [0.4, 0.5) is 0 Å². The zero-order valence-electron chi connectivity index (χ0n) is 18.3. The molecule has 0 fully saturated rings. The topological polar surface area (TPSA) is 52.9 Å². The summed E-state index contributed by atoms with van der Waals surface area (Å²) in [5.74, 6) is 2.37. The van der Waals surface area contributed by atoms with Crippen LogP contribution < -0.4 is 14.2 Å². The van der Waals surface area contributed by atoms with Gasteiger partial charge >= 0.3 is 0 Å². The summed E-state index contributed by atoms with van der Waals surface area (Å²) in [6, 6.07) is 13.8. The van der Waals surface area contributed by atoms with Crippen LogP contribution >= 0.6 is 11.3 Å². The molecule has 0 aliphatic carbocycles. The SMILES string of the molecule is COc1ccc2c(c1)c(/C=C1\Oc3c(ccc4c3CN(Cc3cccs3)CO4)C1=O)cn2C. The number of thiophene rings is 1. The number of methoxy groups -OCH3 is 1. The highest BCUT2D eigenvalue weighted by Crippen LogP contribution is 2.42. The first-order chi connectivity index (χ1) is 16.1. The van der Waals surface area contributed by atoms with Crippen LogP contribution in [0.25, 0.3) is 17.0 Å². The third-order valence-corrected chi connectivity index (χ3v) is 7.02. The van der Waals surface area contributed by atoms with Crippen molar-refractivity contribution in [3.63, 3.8) is 0 Å². The summed E-state index contributed by atoms with van der Waals surface area (Å²) in [7, 11) is 3.63. The van der Waals surface area contributed by atoms with Crippen LogP contribution in [0.15, 0.2) is 59.8 Å². The van der Waals surface area contributed by atoms with Gasteiger partial charge in [0.2, 0.25) is 5.78 Å². The highest BCUT2D eigenvalue weighted by atomic mass is 32.1. The van der Waals surface area contributed by atoms with Gasteiger partial charge < -0.3 is 18.8 Å². The number of ketones is 1. The van der Waals surface area contributed by atoms with Crippen molar-refractivity contribution >= 4 is 34.1 Å². The van der Waals surface area contributed by atoms with Gasteiger partial charge in [-0.1, -0.05) is 6.07 Å². The first-order valence-electron chi connectivity index (χ1n) is 10.7. The largest absolute Gasteiger partial charge is 0.497 e. The number of benzene rings is 2. The van der Waals surface area contributed by atoms with E-state index >= 15 is 0 Å². The maximum atomic E-state index is 13.2. The van der Waals surface area contributed by atoms with E-state index in [0.717, 1.165) is 40.1 Å². The Hall–Kier alpha value is -3.55. The molecule has 0 bridgehead atoms. The van der Waals surface area contributed by atoms with Crippen molar-refractivity contribution < 1.29 is 19.0 Å². The molecule has 2 aromatic carbocycles. The van der Waals surface area contributed by atoms with Crippen LogP contribution in [-0.4, -0.2) is 29.1 Å². The van der Waals surface area contributed by atoms with Crippen LogP contribution in [0.1, 0.15) is 26.4 Å². The fourth-order valence-corrected chi connectivity index (χ4v) is 5.26. The van der Waals surface area contributed by atoms with E-state index in [-0.39, 0.29) is 5.78 Å². The molecule has 6 rings (SSSR count). The lowest BCUT2D eigenvalue weighted by Crippen LogP contribution is -2.31. The zero-order valence-corrected chi connectivity index (χ0v) is 19.1. The molecule has 2 aliphatic heterocycles. The maximum absolute atomic E-state index is 13.2.